The predicted molar refractivity (Wildman–Crippen MR) is 162 cm³/mol. The quantitative estimate of drug-likeness (QED) is 0.116. The maximum atomic E-state index is 13.3. The van der Waals surface area contributed by atoms with Crippen LogP contribution < -0.4 is 5.32 Å². The molecule has 198 valence electrons. The van der Waals surface area contributed by atoms with Gasteiger partial charge in [-0.25, -0.2) is 4.79 Å². The molecule has 0 radical (unpaired) electrons. The average molecular weight is 986 g/mol. The number of benzene rings is 2. The van der Waals surface area contributed by atoms with Gasteiger partial charge < -0.3 is 10.1 Å². The highest BCUT2D eigenvalue weighted by Gasteiger charge is 2.47. The molecule has 1 heterocycles. The SMILES string of the molecule is CC(C)[C@H](C(=O)OCC(=O)Nc1cc(C(F)(F)F)ccc1Cl)N1C(=O)c2c(I)c(I)c(I)c(I)c2C1=O. The fourth-order valence-corrected chi connectivity index (χ4v) is 7.32. The molecule has 0 saturated carbocycles. The number of carbonyl (C=O) groups excluding carboxylic acids is 4. The molecule has 0 spiro atoms. The lowest BCUT2D eigenvalue weighted by Crippen LogP contribution is -2.49. The zero-order valence-electron chi connectivity index (χ0n) is 18.6. The van der Waals surface area contributed by atoms with Crippen molar-refractivity contribution in [1.82, 2.24) is 4.90 Å². The highest BCUT2D eigenvalue weighted by Crippen LogP contribution is 2.39. The van der Waals surface area contributed by atoms with Gasteiger partial charge >= 0.3 is 12.1 Å². The zero-order valence-corrected chi connectivity index (χ0v) is 28.0. The molecule has 15 heteroatoms. The summed E-state index contributed by atoms with van der Waals surface area (Å²) in [6.07, 6.45) is -4.65. The highest BCUT2D eigenvalue weighted by molar-refractivity contribution is 14.1. The highest BCUT2D eigenvalue weighted by atomic mass is 127. The molecule has 1 atom stereocenters. The number of alkyl halides is 3. The van der Waals surface area contributed by atoms with Gasteiger partial charge in [-0.1, -0.05) is 25.4 Å². The van der Waals surface area contributed by atoms with Gasteiger partial charge in [-0.2, -0.15) is 13.2 Å². The third-order valence-corrected chi connectivity index (χ3v) is 12.9. The van der Waals surface area contributed by atoms with Gasteiger partial charge in [0.25, 0.3) is 17.7 Å². The number of rotatable bonds is 6. The van der Waals surface area contributed by atoms with E-state index < -0.39 is 54.0 Å². The van der Waals surface area contributed by atoms with Crippen LogP contribution in [0.4, 0.5) is 18.9 Å². The van der Waals surface area contributed by atoms with E-state index in [0.717, 1.165) is 24.2 Å². The van der Waals surface area contributed by atoms with Gasteiger partial charge in [0.1, 0.15) is 6.04 Å². The van der Waals surface area contributed by atoms with Crippen LogP contribution in [0.25, 0.3) is 0 Å². The van der Waals surface area contributed by atoms with Crippen molar-refractivity contribution >= 4 is 131 Å². The van der Waals surface area contributed by atoms with Crippen LogP contribution >= 0.6 is 102 Å². The molecule has 7 nitrogen and oxygen atoms in total. The largest absolute Gasteiger partial charge is 0.454 e. The summed E-state index contributed by atoms with van der Waals surface area (Å²) in [4.78, 5) is 52.8. The first-order chi connectivity index (χ1) is 17.1. The number of halogens is 8. The van der Waals surface area contributed by atoms with Crippen LogP contribution in [0.2, 0.25) is 5.02 Å². The second kappa shape index (κ2) is 11.9. The van der Waals surface area contributed by atoms with Crippen molar-refractivity contribution in [2.24, 2.45) is 5.92 Å². The number of imide groups is 1. The van der Waals surface area contributed by atoms with Crippen LogP contribution in [0.3, 0.4) is 0 Å². The fourth-order valence-electron chi connectivity index (χ4n) is 3.50. The molecular formula is C22H14ClF3I4N2O5. The van der Waals surface area contributed by atoms with E-state index in [2.05, 4.69) is 50.5 Å². The Balaban J connectivity index is 1.80. The summed E-state index contributed by atoms with van der Waals surface area (Å²) in [7, 11) is 0. The second-order valence-electron chi connectivity index (χ2n) is 8.02. The Bertz CT molecular complexity index is 1290. The van der Waals surface area contributed by atoms with Crippen LogP contribution in [0.5, 0.6) is 0 Å². The molecule has 1 N–H and O–H groups in total. The average Bonchev–Trinajstić information content (AvgIpc) is 3.06. The molecule has 2 aromatic carbocycles. The molecule has 3 rings (SSSR count). The minimum atomic E-state index is -4.65. The first kappa shape index (κ1) is 31.1. The summed E-state index contributed by atoms with van der Waals surface area (Å²) in [5, 5.41) is 2.03. The maximum absolute atomic E-state index is 13.3. The topological polar surface area (TPSA) is 92.8 Å². The lowest BCUT2D eigenvalue weighted by atomic mass is 10.0. The minimum Gasteiger partial charge on any atom is -0.454 e. The van der Waals surface area contributed by atoms with E-state index in [1.807, 2.05) is 45.2 Å². The van der Waals surface area contributed by atoms with Crippen LogP contribution in [0, 0.1) is 20.2 Å². The van der Waals surface area contributed by atoms with Gasteiger partial charge in [-0.05, 0) is 114 Å². The molecule has 37 heavy (non-hydrogen) atoms. The van der Waals surface area contributed by atoms with Gasteiger partial charge in [0.15, 0.2) is 6.61 Å². The molecule has 0 unspecified atom stereocenters. The van der Waals surface area contributed by atoms with E-state index in [-0.39, 0.29) is 21.8 Å². The Morgan fingerprint density at radius 1 is 1.00 bits per heavy atom. The number of nitrogens with one attached hydrogen (secondary N) is 1. The van der Waals surface area contributed by atoms with E-state index >= 15 is 0 Å². The van der Waals surface area contributed by atoms with Crippen molar-refractivity contribution in [3.05, 3.63) is 54.2 Å². The number of anilines is 1. The molecule has 2 aromatic rings. The van der Waals surface area contributed by atoms with Crippen LogP contribution in [-0.4, -0.2) is 41.2 Å². The van der Waals surface area contributed by atoms with Gasteiger partial charge in [0.05, 0.1) is 27.4 Å². The van der Waals surface area contributed by atoms with Crippen LogP contribution in [0.1, 0.15) is 40.1 Å². The number of hydrogen-bond donors (Lipinski definition) is 1. The van der Waals surface area contributed by atoms with E-state index in [1.54, 1.807) is 13.8 Å². The number of fused-ring (bicyclic) bond motifs is 1. The summed E-state index contributed by atoms with van der Waals surface area (Å²) in [6.45, 7) is 2.35. The lowest BCUT2D eigenvalue weighted by molar-refractivity contribution is -0.152. The summed E-state index contributed by atoms with van der Waals surface area (Å²) in [5.41, 5.74) is -0.930. The smallest absolute Gasteiger partial charge is 0.416 e. The maximum Gasteiger partial charge on any atom is 0.416 e. The Kier molecular flexibility index (Phi) is 10.0. The molecule has 0 saturated heterocycles. The molecule has 0 aromatic heterocycles. The van der Waals surface area contributed by atoms with Crippen molar-refractivity contribution in [3.8, 4) is 0 Å². The van der Waals surface area contributed by atoms with Crippen LogP contribution in [-0.2, 0) is 20.5 Å². The number of carbonyl (C=O) groups is 4. The zero-order chi connectivity index (χ0) is 28.0. The van der Waals surface area contributed by atoms with Gasteiger partial charge in [0.2, 0.25) is 0 Å². The van der Waals surface area contributed by atoms with Gasteiger partial charge in [0, 0.05) is 14.3 Å². The third kappa shape index (κ3) is 6.31. The van der Waals surface area contributed by atoms with Crippen LogP contribution in [0.15, 0.2) is 18.2 Å². The number of esters is 1. The first-order valence-corrected chi connectivity index (χ1v) is 14.8. The second-order valence-corrected chi connectivity index (χ2v) is 12.7. The van der Waals surface area contributed by atoms with Gasteiger partial charge in [-0.15, -0.1) is 0 Å². The minimum absolute atomic E-state index is 0.146. The van der Waals surface area contributed by atoms with E-state index in [1.165, 1.54) is 0 Å². The molecule has 1 aliphatic heterocycles. The Labute approximate surface area is 268 Å². The number of amides is 3. The third-order valence-electron chi connectivity index (χ3n) is 5.20. The molecular weight excluding hydrogens is 972 g/mol. The Morgan fingerprint density at radius 2 is 1.51 bits per heavy atom. The van der Waals surface area contributed by atoms with Crippen molar-refractivity contribution < 1.29 is 37.1 Å². The summed E-state index contributed by atoms with van der Waals surface area (Å²) in [5.74, 6) is -3.82. The van der Waals surface area contributed by atoms with E-state index in [0.29, 0.717) is 13.2 Å². The molecule has 0 aliphatic carbocycles. The number of hydrogen-bond acceptors (Lipinski definition) is 5. The standard InChI is InChI=1S/C22H14ClF3I4N2O5/c1-7(2)18(32-19(34)12-13(20(32)35)15(28)17(30)16(29)14(12)27)21(36)37-6-11(33)31-10-5-8(22(24,25)26)3-4-9(10)23/h3-5,7,18H,6H2,1-2H3,(H,31,33)/t18-/m1/s1. The van der Waals surface area contributed by atoms with Crippen molar-refractivity contribution in [1.29, 1.82) is 0 Å². The number of ether oxygens (including phenoxy) is 1. The molecule has 0 bridgehead atoms. The first-order valence-electron chi connectivity index (χ1n) is 10.1. The summed E-state index contributed by atoms with van der Waals surface area (Å²) < 4.78 is 46.8. The molecule has 0 fully saturated rings. The van der Waals surface area contributed by atoms with E-state index in [4.69, 9.17) is 16.3 Å². The number of nitrogens with zero attached hydrogens (tertiary/aromatic N) is 1. The fraction of sp³-hybridized carbons (Fsp3) is 0.273. The summed E-state index contributed by atoms with van der Waals surface area (Å²) >= 11 is 14.0. The predicted octanol–water partition coefficient (Wildman–Crippen LogP) is 6.58. The molecule has 3 amide bonds. The Hall–Kier alpha value is -0.480. The van der Waals surface area contributed by atoms with Crippen molar-refractivity contribution in [2.45, 2.75) is 26.1 Å². The molecule has 1 aliphatic rings. The van der Waals surface area contributed by atoms with Crippen molar-refractivity contribution in [3.63, 3.8) is 0 Å². The van der Waals surface area contributed by atoms with Gasteiger partial charge in [-0.3, -0.25) is 19.3 Å². The Morgan fingerprint density at radius 3 is 1.97 bits per heavy atom. The monoisotopic (exact) mass is 986 g/mol. The lowest BCUT2D eigenvalue weighted by Gasteiger charge is -2.27. The van der Waals surface area contributed by atoms with Crippen molar-refractivity contribution in [2.75, 3.05) is 11.9 Å². The van der Waals surface area contributed by atoms with E-state index in [9.17, 15) is 32.3 Å². The summed E-state index contributed by atoms with van der Waals surface area (Å²) in [6, 6.07) is 1.06. The normalized spacial score (nSPS) is 14.2.